The molecule has 2 N–H and O–H groups in total. The highest BCUT2D eigenvalue weighted by Crippen LogP contribution is 2.24. The van der Waals surface area contributed by atoms with E-state index in [-0.39, 0.29) is 11.5 Å². The molecule has 3 nitrogen and oxygen atoms in total. The maximum atomic E-state index is 13.9. The van der Waals surface area contributed by atoms with Crippen LogP contribution in [0.2, 0.25) is 0 Å². The molecule has 0 spiro atoms. The van der Waals surface area contributed by atoms with Gasteiger partial charge in [-0.2, -0.15) is 0 Å². The number of benzene rings is 2. The van der Waals surface area contributed by atoms with E-state index in [4.69, 9.17) is 5.73 Å². The van der Waals surface area contributed by atoms with Gasteiger partial charge in [-0.1, -0.05) is 22.0 Å². The predicted molar refractivity (Wildman–Crippen MR) is 83.4 cm³/mol. The standard InChI is InChI=1S/C16H14BrFN2O/c17-12-2-4-14(15(18)8-12)16(21)20-6-5-10-1-3-13(19)7-11(10)9-20/h1-4,7-8H,5-6,9,19H2. The second kappa shape index (κ2) is 5.48. The Balaban J connectivity index is 1.87. The maximum Gasteiger partial charge on any atom is 0.257 e. The van der Waals surface area contributed by atoms with Crippen molar-refractivity contribution in [2.75, 3.05) is 12.3 Å². The Morgan fingerprint density at radius 2 is 2.00 bits per heavy atom. The Hall–Kier alpha value is -1.88. The summed E-state index contributed by atoms with van der Waals surface area (Å²) in [6.07, 6.45) is 0.763. The van der Waals surface area contributed by atoms with Crippen molar-refractivity contribution in [3.05, 3.63) is 63.4 Å². The summed E-state index contributed by atoms with van der Waals surface area (Å²) in [6.45, 7) is 1.06. The molecular weight excluding hydrogens is 335 g/mol. The average Bonchev–Trinajstić information content (AvgIpc) is 2.46. The molecule has 0 saturated heterocycles. The monoisotopic (exact) mass is 348 g/mol. The maximum absolute atomic E-state index is 13.9. The molecule has 5 heteroatoms. The van der Waals surface area contributed by atoms with E-state index in [0.29, 0.717) is 23.2 Å². The van der Waals surface area contributed by atoms with E-state index in [1.165, 1.54) is 17.7 Å². The molecule has 0 bridgehead atoms. The third-order valence-corrected chi connectivity index (χ3v) is 4.18. The minimum absolute atomic E-state index is 0.102. The Labute approximate surface area is 130 Å². The fourth-order valence-electron chi connectivity index (χ4n) is 2.58. The molecule has 0 saturated carbocycles. The van der Waals surface area contributed by atoms with Crippen LogP contribution in [0.4, 0.5) is 10.1 Å². The minimum Gasteiger partial charge on any atom is -0.399 e. The summed E-state index contributed by atoms with van der Waals surface area (Å²) in [5, 5.41) is 0. The van der Waals surface area contributed by atoms with Gasteiger partial charge in [0.1, 0.15) is 5.82 Å². The predicted octanol–water partition coefficient (Wildman–Crippen LogP) is 3.37. The van der Waals surface area contributed by atoms with Crippen molar-refractivity contribution in [2.24, 2.45) is 0 Å². The first kappa shape index (κ1) is 14.1. The molecule has 0 aliphatic carbocycles. The molecule has 0 radical (unpaired) electrons. The third kappa shape index (κ3) is 2.78. The number of hydrogen-bond donors (Lipinski definition) is 1. The van der Waals surface area contributed by atoms with Gasteiger partial charge in [0.25, 0.3) is 5.91 Å². The summed E-state index contributed by atoms with van der Waals surface area (Å²) in [5.74, 6) is -0.791. The van der Waals surface area contributed by atoms with Crippen molar-refractivity contribution < 1.29 is 9.18 Å². The number of amides is 1. The van der Waals surface area contributed by atoms with Crippen molar-refractivity contribution in [3.8, 4) is 0 Å². The summed E-state index contributed by atoms with van der Waals surface area (Å²) in [4.78, 5) is 14.1. The lowest BCUT2D eigenvalue weighted by molar-refractivity contribution is 0.0730. The number of halogens is 2. The number of nitrogen functional groups attached to an aromatic ring is 1. The Bertz CT molecular complexity index is 717. The van der Waals surface area contributed by atoms with Crippen molar-refractivity contribution in [1.29, 1.82) is 0 Å². The van der Waals surface area contributed by atoms with Crippen LogP contribution in [0.3, 0.4) is 0 Å². The van der Waals surface area contributed by atoms with E-state index < -0.39 is 5.82 Å². The highest BCUT2D eigenvalue weighted by molar-refractivity contribution is 9.10. The van der Waals surface area contributed by atoms with E-state index in [0.717, 1.165) is 12.0 Å². The van der Waals surface area contributed by atoms with Gasteiger partial charge in [-0.3, -0.25) is 4.79 Å². The van der Waals surface area contributed by atoms with Gasteiger partial charge in [0.15, 0.2) is 0 Å². The first-order valence-corrected chi connectivity index (χ1v) is 7.45. The molecule has 1 aliphatic heterocycles. The normalized spacial score (nSPS) is 13.9. The quantitative estimate of drug-likeness (QED) is 0.803. The summed E-state index contributed by atoms with van der Waals surface area (Å²) in [7, 11) is 0. The van der Waals surface area contributed by atoms with Crippen LogP contribution in [0.1, 0.15) is 21.5 Å². The first-order chi connectivity index (χ1) is 10.0. The highest BCUT2D eigenvalue weighted by atomic mass is 79.9. The van der Waals surface area contributed by atoms with Crippen LogP contribution in [0.15, 0.2) is 40.9 Å². The number of nitrogens with zero attached hydrogens (tertiary/aromatic N) is 1. The van der Waals surface area contributed by atoms with Gasteiger partial charge in [-0.15, -0.1) is 0 Å². The zero-order chi connectivity index (χ0) is 15.0. The first-order valence-electron chi connectivity index (χ1n) is 6.66. The second-order valence-corrected chi connectivity index (χ2v) is 6.04. The lowest BCUT2D eigenvalue weighted by Crippen LogP contribution is -2.36. The Morgan fingerprint density at radius 1 is 1.19 bits per heavy atom. The molecule has 2 aromatic carbocycles. The largest absolute Gasteiger partial charge is 0.399 e. The summed E-state index contributed by atoms with van der Waals surface area (Å²) in [6, 6.07) is 10.2. The minimum atomic E-state index is -0.507. The summed E-state index contributed by atoms with van der Waals surface area (Å²) >= 11 is 3.19. The van der Waals surface area contributed by atoms with Gasteiger partial charge in [0, 0.05) is 23.2 Å². The van der Waals surface area contributed by atoms with Crippen LogP contribution >= 0.6 is 15.9 Å². The van der Waals surface area contributed by atoms with Crippen molar-refractivity contribution >= 4 is 27.5 Å². The number of anilines is 1. The number of carbonyl (C=O) groups excluding carboxylic acids is 1. The van der Waals surface area contributed by atoms with Crippen molar-refractivity contribution in [1.82, 2.24) is 4.90 Å². The molecule has 2 aromatic rings. The zero-order valence-electron chi connectivity index (χ0n) is 11.3. The van der Waals surface area contributed by atoms with Gasteiger partial charge in [0.05, 0.1) is 5.56 Å². The molecule has 1 amide bonds. The van der Waals surface area contributed by atoms with Crippen LogP contribution in [-0.4, -0.2) is 17.4 Å². The lowest BCUT2D eigenvalue weighted by Gasteiger charge is -2.29. The molecular formula is C16H14BrFN2O. The number of hydrogen-bond acceptors (Lipinski definition) is 2. The summed E-state index contributed by atoms with van der Waals surface area (Å²) < 4.78 is 14.5. The van der Waals surface area contributed by atoms with Crippen molar-refractivity contribution in [3.63, 3.8) is 0 Å². The lowest BCUT2D eigenvalue weighted by atomic mass is 9.98. The van der Waals surface area contributed by atoms with Crippen LogP contribution < -0.4 is 5.73 Å². The van der Waals surface area contributed by atoms with Gasteiger partial charge in [-0.25, -0.2) is 4.39 Å². The van der Waals surface area contributed by atoms with Crippen LogP contribution in [0, 0.1) is 5.82 Å². The molecule has 0 atom stereocenters. The Morgan fingerprint density at radius 3 is 2.76 bits per heavy atom. The van der Waals surface area contributed by atoms with E-state index in [1.54, 1.807) is 11.0 Å². The molecule has 21 heavy (non-hydrogen) atoms. The molecule has 1 heterocycles. The van der Waals surface area contributed by atoms with Gasteiger partial charge >= 0.3 is 0 Å². The van der Waals surface area contributed by atoms with Crippen LogP contribution in [0.25, 0.3) is 0 Å². The van der Waals surface area contributed by atoms with E-state index in [1.807, 2.05) is 18.2 Å². The SMILES string of the molecule is Nc1ccc2c(c1)CN(C(=O)c1ccc(Br)cc1F)CC2. The second-order valence-electron chi connectivity index (χ2n) is 5.13. The van der Waals surface area contributed by atoms with Crippen LogP contribution in [0.5, 0.6) is 0 Å². The molecule has 0 unspecified atom stereocenters. The number of fused-ring (bicyclic) bond motifs is 1. The molecule has 0 fully saturated rings. The molecule has 1 aliphatic rings. The van der Waals surface area contributed by atoms with Gasteiger partial charge in [-0.05, 0) is 47.9 Å². The van der Waals surface area contributed by atoms with E-state index >= 15 is 0 Å². The zero-order valence-corrected chi connectivity index (χ0v) is 12.9. The van der Waals surface area contributed by atoms with Crippen molar-refractivity contribution in [2.45, 2.75) is 13.0 Å². The fraction of sp³-hybridized carbons (Fsp3) is 0.188. The number of carbonyl (C=O) groups is 1. The van der Waals surface area contributed by atoms with Gasteiger partial charge in [0.2, 0.25) is 0 Å². The van der Waals surface area contributed by atoms with E-state index in [9.17, 15) is 9.18 Å². The molecule has 0 aromatic heterocycles. The third-order valence-electron chi connectivity index (χ3n) is 3.69. The number of rotatable bonds is 1. The molecule has 108 valence electrons. The number of nitrogens with two attached hydrogens (primary N) is 1. The topological polar surface area (TPSA) is 46.3 Å². The smallest absolute Gasteiger partial charge is 0.257 e. The fourth-order valence-corrected chi connectivity index (χ4v) is 2.92. The Kier molecular flexibility index (Phi) is 3.68. The molecule has 3 rings (SSSR count). The summed E-state index contributed by atoms with van der Waals surface area (Å²) in [5.41, 5.74) is 8.80. The van der Waals surface area contributed by atoms with Gasteiger partial charge < -0.3 is 10.6 Å². The average molecular weight is 349 g/mol. The van der Waals surface area contributed by atoms with E-state index in [2.05, 4.69) is 15.9 Å². The highest BCUT2D eigenvalue weighted by Gasteiger charge is 2.23. The van der Waals surface area contributed by atoms with Crippen LogP contribution in [-0.2, 0) is 13.0 Å².